The third kappa shape index (κ3) is 8.64. The first kappa shape index (κ1) is 37.3. The molecule has 0 aliphatic heterocycles. The minimum absolute atomic E-state index is 0. The fourth-order valence-corrected chi connectivity index (χ4v) is 5.10. The normalized spacial score (nSPS) is 15.3. The van der Waals surface area contributed by atoms with Crippen molar-refractivity contribution in [2.45, 2.75) is 51.9 Å². The summed E-state index contributed by atoms with van der Waals surface area (Å²) in [6, 6.07) is 4.44. The van der Waals surface area contributed by atoms with E-state index in [2.05, 4.69) is 27.4 Å². The van der Waals surface area contributed by atoms with E-state index in [1.54, 1.807) is 27.3 Å². The van der Waals surface area contributed by atoms with Crippen molar-refractivity contribution in [2.75, 3.05) is 37.1 Å². The monoisotopic (exact) mass is 848 g/mol. The van der Waals surface area contributed by atoms with E-state index in [1.807, 2.05) is 33.2 Å². The first-order chi connectivity index (χ1) is 20.5. The van der Waals surface area contributed by atoms with E-state index in [4.69, 9.17) is 10.7 Å². The second kappa shape index (κ2) is 17.0. The first-order valence-electron chi connectivity index (χ1n) is 13.9. The van der Waals surface area contributed by atoms with Crippen molar-refractivity contribution in [3.63, 3.8) is 0 Å². The number of aryl methyl sites for hydroxylation is 1. The van der Waals surface area contributed by atoms with Gasteiger partial charge in [0.2, 0.25) is 0 Å². The van der Waals surface area contributed by atoms with Crippen LogP contribution in [-0.4, -0.2) is 60.1 Å². The predicted molar refractivity (Wildman–Crippen MR) is 173 cm³/mol. The molecule has 4 N–H and O–H groups in total. The summed E-state index contributed by atoms with van der Waals surface area (Å²) in [5.41, 5.74) is 9.99. The zero-order valence-electron chi connectivity index (χ0n) is 26.3. The quantitative estimate of drug-likeness (QED) is 0.0594. The SMILES string of the molecule is [CH2-]CN([C-]=O)C(=NC)C(=C\N)/C(=C(/C)CC)C(=C(\N=C(/C)N(C)c1c(F)cc(SC)cc1F)Nc1cc(C)[nH]n1)/C1CC1.[U+2]. The van der Waals surface area contributed by atoms with Crippen LogP contribution in [0.2, 0.25) is 0 Å². The largest absolute Gasteiger partial charge is 2.00 e. The number of nitrogens with zero attached hydrogens (tertiary/aromatic N) is 5. The van der Waals surface area contributed by atoms with Gasteiger partial charge in [-0.25, -0.2) is 13.8 Å². The molecule has 2 aromatic rings. The number of aromatic nitrogens is 2. The maximum atomic E-state index is 15.1. The van der Waals surface area contributed by atoms with E-state index < -0.39 is 11.6 Å². The number of rotatable bonds is 12. The summed E-state index contributed by atoms with van der Waals surface area (Å²) in [5.74, 6) is 0.318. The van der Waals surface area contributed by atoms with Crippen LogP contribution in [0.1, 0.15) is 45.7 Å². The number of aliphatic imine (C=N–C) groups is 2. The summed E-state index contributed by atoms with van der Waals surface area (Å²) < 4.78 is 30.2. The minimum atomic E-state index is -0.692. The summed E-state index contributed by atoms with van der Waals surface area (Å²) >= 11 is 1.26. The molecule has 3 rings (SSSR count). The molecule has 0 unspecified atom stereocenters. The zero-order chi connectivity index (χ0) is 31.8. The van der Waals surface area contributed by atoms with Gasteiger partial charge in [0, 0.05) is 36.3 Å². The van der Waals surface area contributed by atoms with Gasteiger partial charge in [0.1, 0.15) is 17.3 Å². The van der Waals surface area contributed by atoms with Gasteiger partial charge in [0.05, 0.1) is 6.41 Å². The van der Waals surface area contributed by atoms with Crippen LogP contribution in [0.15, 0.2) is 67.4 Å². The van der Waals surface area contributed by atoms with Crippen molar-refractivity contribution in [1.82, 2.24) is 15.1 Å². The van der Waals surface area contributed by atoms with E-state index in [0.29, 0.717) is 40.2 Å². The Morgan fingerprint density at radius 1 is 1.30 bits per heavy atom. The van der Waals surface area contributed by atoms with Crippen molar-refractivity contribution in [3.8, 4) is 0 Å². The smallest absolute Gasteiger partial charge is 0.488 e. The molecular weight excluding hydrogens is 808 g/mol. The fourth-order valence-electron chi connectivity index (χ4n) is 4.66. The third-order valence-electron chi connectivity index (χ3n) is 7.22. The molecule has 0 bridgehead atoms. The number of nitrogens with two attached hydrogens (primary N) is 1. The van der Waals surface area contributed by atoms with Gasteiger partial charge >= 0.3 is 31.1 Å². The Bertz CT molecular complexity index is 1470. The second-order valence-electron chi connectivity index (χ2n) is 10.1. The van der Waals surface area contributed by atoms with Crippen molar-refractivity contribution < 1.29 is 44.7 Å². The topological polar surface area (TPSA) is 115 Å². The molecule has 1 aliphatic carbocycles. The van der Waals surface area contributed by atoms with Gasteiger partial charge in [-0.05, 0) is 87.5 Å². The van der Waals surface area contributed by atoms with E-state index in [9.17, 15) is 4.79 Å². The number of thioether (sulfide) groups is 1. The van der Waals surface area contributed by atoms with Crippen LogP contribution < -0.4 is 16.0 Å². The molecule has 9 nitrogen and oxygen atoms in total. The van der Waals surface area contributed by atoms with Gasteiger partial charge in [0.15, 0.2) is 17.5 Å². The number of benzene rings is 1. The van der Waals surface area contributed by atoms with Crippen LogP contribution in [0.5, 0.6) is 0 Å². The van der Waals surface area contributed by atoms with Crippen molar-refractivity contribution in [3.05, 3.63) is 76.8 Å². The second-order valence-corrected chi connectivity index (χ2v) is 11.0. The molecule has 1 saturated carbocycles. The molecule has 1 aromatic heterocycles. The molecule has 0 saturated heterocycles. The number of carbonyl (C=O) groups excluding carboxylic acids is 1. The Labute approximate surface area is 287 Å². The van der Waals surface area contributed by atoms with Gasteiger partial charge in [-0.15, -0.1) is 18.3 Å². The molecule has 1 aliphatic rings. The number of nitrogens with one attached hydrogen (secondary N) is 2. The predicted octanol–water partition coefficient (Wildman–Crippen LogP) is 6.11. The molecule has 44 heavy (non-hydrogen) atoms. The van der Waals surface area contributed by atoms with E-state index in [0.717, 1.165) is 35.3 Å². The number of amidine groups is 2. The molecule has 1 heterocycles. The van der Waals surface area contributed by atoms with Crippen LogP contribution in [0.3, 0.4) is 0 Å². The van der Waals surface area contributed by atoms with Crippen LogP contribution in [-0.2, 0) is 4.79 Å². The summed E-state index contributed by atoms with van der Waals surface area (Å²) in [5, 5.41) is 10.6. The number of amides is 1. The summed E-state index contributed by atoms with van der Waals surface area (Å²) in [6.45, 7) is 11.5. The van der Waals surface area contributed by atoms with E-state index in [-0.39, 0.29) is 49.3 Å². The fraction of sp³-hybridized carbons (Fsp3) is 0.387. The number of H-pyrrole nitrogens is 1. The van der Waals surface area contributed by atoms with Crippen LogP contribution >= 0.6 is 11.8 Å². The maximum absolute atomic E-state index is 15.1. The molecular formula is C31H40F2N8OSU. The van der Waals surface area contributed by atoms with Crippen LogP contribution in [0.25, 0.3) is 0 Å². The summed E-state index contributed by atoms with van der Waals surface area (Å²) in [7, 11) is 3.14. The Balaban J connectivity index is 0.00000675. The number of hydrogen-bond acceptors (Lipinski definition) is 7. The van der Waals surface area contributed by atoms with Gasteiger partial charge in [-0.1, -0.05) is 12.5 Å². The van der Waals surface area contributed by atoms with Gasteiger partial charge in [0.25, 0.3) is 0 Å². The molecule has 13 heteroatoms. The maximum Gasteiger partial charge on any atom is 2.00 e. The molecule has 1 fully saturated rings. The molecule has 234 valence electrons. The Hall–Kier alpha value is -2.88. The molecule has 0 atom stereocenters. The molecule has 1 amide bonds. The summed E-state index contributed by atoms with van der Waals surface area (Å²) in [4.78, 5) is 24.3. The average Bonchev–Trinajstić information content (AvgIpc) is 3.74. The van der Waals surface area contributed by atoms with Crippen molar-refractivity contribution >= 4 is 41.3 Å². The Kier molecular flexibility index (Phi) is 14.4. The van der Waals surface area contributed by atoms with Crippen molar-refractivity contribution in [2.24, 2.45) is 21.6 Å². The molecule has 1 aromatic carbocycles. The first-order valence-corrected chi connectivity index (χ1v) is 15.2. The minimum Gasteiger partial charge on any atom is -0.488 e. The number of allylic oxidation sites excluding steroid dienone is 2. The van der Waals surface area contributed by atoms with Gasteiger partial charge in [-0.2, -0.15) is 5.10 Å². The van der Waals surface area contributed by atoms with E-state index >= 15 is 8.78 Å². The molecule has 0 radical (unpaired) electrons. The van der Waals surface area contributed by atoms with Gasteiger partial charge in [-0.3, -0.25) is 5.10 Å². The third-order valence-corrected chi connectivity index (χ3v) is 7.93. The molecule has 0 spiro atoms. The number of anilines is 2. The van der Waals surface area contributed by atoms with Crippen LogP contribution in [0.4, 0.5) is 20.3 Å². The average molecular weight is 849 g/mol. The van der Waals surface area contributed by atoms with Crippen molar-refractivity contribution in [1.29, 1.82) is 0 Å². The Morgan fingerprint density at radius 2 is 1.93 bits per heavy atom. The van der Waals surface area contributed by atoms with E-state index in [1.165, 1.54) is 39.9 Å². The zero-order valence-corrected chi connectivity index (χ0v) is 31.3. The standard InChI is InChI=1S/C31H40F2N8OS.U/c1-9-18(3)27(23(16-34)31(35-6)41(10-2)17-42)28(21-11-12-21)30(37-26-13-19(4)38-39-26)36-20(5)40(7)29-24(32)14-22(43-8)15-25(29)33;/h13-16,21H,2,9-12,34H2,1,3-8H3,(H2,37,38,39);/q-2;+2/b23-16-,27-18+,30-28+,35-31?,36-20+;. The Morgan fingerprint density at radius 3 is 2.36 bits per heavy atom. The van der Waals surface area contributed by atoms with Gasteiger partial charge < -0.3 is 37.6 Å². The van der Waals surface area contributed by atoms with Crippen LogP contribution in [0, 0.1) is 62.5 Å². The number of aromatic amines is 1. The number of hydrogen-bond donors (Lipinski definition) is 3. The summed E-state index contributed by atoms with van der Waals surface area (Å²) in [6.07, 6.45) is 7.52. The number of halogens is 2.